The SMILES string of the molecule is Cc1ccc(N(CC2CCN(C)C2)C(=O)O)c(-c2ccccc2)c1. The number of hydrogen-bond donors (Lipinski definition) is 1. The number of rotatable bonds is 4. The Balaban J connectivity index is 1.97. The molecule has 4 nitrogen and oxygen atoms in total. The van der Waals surface area contributed by atoms with Crippen LogP contribution in [0.4, 0.5) is 10.5 Å². The second kappa shape index (κ2) is 7.05. The summed E-state index contributed by atoms with van der Waals surface area (Å²) in [4.78, 5) is 15.7. The third-order valence-electron chi connectivity index (χ3n) is 4.69. The van der Waals surface area contributed by atoms with Crippen molar-refractivity contribution in [2.24, 2.45) is 5.92 Å². The Morgan fingerprint density at radius 3 is 2.62 bits per heavy atom. The lowest BCUT2D eigenvalue weighted by molar-refractivity contribution is 0.200. The summed E-state index contributed by atoms with van der Waals surface area (Å²) in [6.07, 6.45) is 0.165. The van der Waals surface area contributed by atoms with E-state index < -0.39 is 6.09 Å². The zero-order valence-electron chi connectivity index (χ0n) is 14.3. The lowest BCUT2D eigenvalue weighted by atomic mass is 9.99. The topological polar surface area (TPSA) is 43.8 Å². The van der Waals surface area contributed by atoms with E-state index in [2.05, 4.69) is 18.0 Å². The van der Waals surface area contributed by atoms with E-state index in [-0.39, 0.29) is 0 Å². The van der Waals surface area contributed by atoms with Crippen molar-refractivity contribution in [1.29, 1.82) is 0 Å². The predicted molar refractivity (Wildman–Crippen MR) is 97.6 cm³/mol. The molecule has 1 saturated heterocycles. The highest BCUT2D eigenvalue weighted by Crippen LogP contribution is 2.33. The molecule has 0 bridgehead atoms. The molecule has 1 amide bonds. The van der Waals surface area contributed by atoms with Crippen molar-refractivity contribution in [3.63, 3.8) is 0 Å². The maximum Gasteiger partial charge on any atom is 0.411 e. The molecule has 24 heavy (non-hydrogen) atoms. The second-order valence-electron chi connectivity index (χ2n) is 6.70. The molecule has 1 unspecified atom stereocenters. The highest BCUT2D eigenvalue weighted by Gasteiger charge is 2.26. The first kappa shape index (κ1) is 16.5. The van der Waals surface area contributed by atoms with Crippen LogP contribution in [0, 0.1) is 12.8 Å². The molecular weight excluding hydrogens is 300 g/mol. The quantitative estimate of drug-likeness (QED) is 0.921. The van der Waals surface area contributed by atoms with Crippen LogP contribution in [0.25, 0.3) is 11.1 Å². The number of likely N-dealkylation sites (tertiary alicyclic amines) is 1. The summed E-state index contributed by atoms with van der Waals surface area (Å²) >= 11 is 0. The first-order chi connectivity index (χ1) is 11.5. The molecule has 1 aliphatic rings. The van der Waals surface area contributed by atoms with Crippen molar-refractivity contribution >= 4 is 11.8 Å². The molecule has 1 atom stereocenters. The molecule has 2 aromatic rings. The number of carbonyl (C=O) groups is 1. The fourth-order valence-electron chi connectivity index (χ4n) is 3.45. The molecule has 0 spiro atoms. The minimum Gasteiger partial charge on any atom is -0.465 e. The number of hydrogen-bond acceptors (Lipinski definition) is 2. The van der Waals surface area contributed by atoms with Crippen LogP contribution < -0.4 is 4.90 Å². The Hall–Kier alpha value is -2.33. The summed E-state index contributed by atoms with van der Waals surface area (Å²) in [6.45, 7) is 4.57. The van der Waals surface area contributed by atoms with Crippen molar-refractivity contribution in [1.82, 2.24) is 4.90 Å². The molecule has 1 aliphatic heterocycles. The average molecular weight is 324 g/mol. The molecule has 2 aromatic carbocycles. The van der Waals surface area contributed by atoms with Gasteiger partial charge in [-0.25, -0.2) is 4.79 Å². The Morgan fingerprint density at radius 2 is 2.00 bits per heavy atom. The molecule has 1 fully saturated rings. The molecule has 0 aliphatic carbocycles. The highest BCUT2D eigenvalue weighted by atomic mass is 16.4. The van der Waals surface area contributed by atoms with Crippen LogP contribution in [0.5, 0.6) is 0 Å². The van der Waals surface area contributed by atoms with Crippen molar-refractivity contribution in [3.8, 4) is 11.1 Å². The number of carboxylic acid groups (broad SMARTS) is 1. The maximum absolute atomic E-state index is 12.0. The maximum atomic E-state index is 12.0. The Morgan fingerprint density at radius 1 is 1.25 bits per heavy atom. The van der Waals surface area contributed by atoms with Crippen LogP contribution >= 0.6 is 0 Å². The standard InChI is InChI=1S/C20H24N2O2/c1-15-8-9-19(18(12-15)17-6-4-3-5-7-17)22(20(23)24)14-16-10-11-21(2)13-16/h3-9,12,16H,10-11,13-14H2,1-2H3,(H,23,24). The van der Waals surface area contributed by atoms with Crippen LogP contribution in [0.3, 0.4) is 0 Å². The lowest BCUT2D eigenvalue weighted by Gasteiger charge is -2.25. The lowest BCUT2D eigenvalue weighted by Crippen LogP contribution is -2.35. The van der Waals surface area contributed by atoms with Gasteiger partial charge in [-0.3, -0.25) is 4.90 Å². The number of amides is 1. The average Bonchev–Trinajstić information content (AvgIpc) is 2.99. The van der Waals surface area contributed by atoms with Gasteiger partial charge in [-0.15, -0.1) is 0 Å². The van der Waals surface area contributed by atoms with Crippen molar-refractivity contribution < 1.29 is 9.90 Å². The highest BCUT2D eigenvalue weighted by molar-refractivity contribution is 5.93. The minimum absolute atomic E-state index is 0.385. The van der Waals surface area contributed by atoms with Crippen LogP contribution in [-0.4, -0.2) is 42.8 Å². The van der Waals surface area contributed by atoms with Crippen LogP contribution in [-0.2, 0) is 0 Å². The van der Waals surface area contributed by atoms with Crippen molar-refractivity contribution in [2.75, 3.05) is 31.6 Å². The van der Waals surface area contributed by atoms with Crippen molar-refractivity contribution in [3.05, 3.63) is 54.1 Å². The van der Waals surface area contributed by atoms with E-state index in [9.17, 15) is 9.90 Å². The van der Waals surface area contributed by atoms with Gasteiger partial charge in [0.15, 0.2) is 0 Å². The van der Waals surface area contributed by atoms with E-state index in [0.29, 0.717) is 12.5 Å². The summed E-state index contributed by atoms with van der Waals surface area (Å²) in [5, 5.41) is 9.81. The Bertz CT molecular complexity index is 715. The van der Waals surface area contributed by atoms with E-state index in [0.717, 1.165) is 41.9 Å². The molecule has 126 valence electrons. The van der Waals surface area contributed by atoms with Crippen LogP contribution in [0.2, 0.25) is 0 Å². The van der Waals surface area contributed by atoms with Gasteiger partial charge in [-0.05, 0) is 50.6 Å². The zero-order chi connectivity index (χ0) is 17.1. The van der Waals surface area contributed by atoms with Crippen LogP contribution in [0.1, 0.15) is 12.0 Å². The zero-order valence-corrected chi connectivity index (χ0v) is 14.3. The molecule has 0 aromatic heterocycles. The fraction of sp³-hybridized carbons (Fsp3) is 0.350. The van der Waals surface area contributed by atoms with Gasteiger partial charge in [0.2, 0.25) is 0 Å². The van der Waals surface area contributed by atoms with E-state index in [4.69, 9.17) is 0 Å². The number of anilines is 1. The predicted octanol–water partition coefficient (Wildman–Crippen LogP) is 4.10. The minimum atomic E-state index is -0.884. The van der Waals surface area contributed by atoms with Gasteiger partial charge in [0, 0.05) is 18.7 Å². The van der Waals surface area contributed by atoms with E-state index in [1.54, 1.807) is 0 Å². The van der Waals surface area contributed by atoms with E-state index in [1.807, 2.05) is 49.4 Å². The van der Waals surface area contributed by atoms with Crippen LogP contribution in [0.15, 0.2) is 48.5 Å². The van der Waals surface area contributed by atoms with Gasteiger partial charge in [0.1, 0.15) is 0 Å². The van der Waals surface area contributed by atoms with Gasteiger partial charge in [0.25, 0.3) is 0 Å². The van der Waals surface area contributed by atoms with Gasteiger partial charge < -0.3 is 10.0 Å². The first-order valence-electron chi connectivity index (χ1n) is 8.39. The molecule has 0 saturated carbocycles. The third-order valence-corrected chi connectivity index (χ3v) is 4.69. The third kappa shape index (κ3) is 3.60. The molecule has 3 rings (SSSR count). The summed E-state index contributed by atoms with van der Waals surface area (Å²) < 4.78 is 0. The molecular formula is C20H24N2O2. The smallest absolute Gasteiger partial charge is 0.411 e. The summed E-state index contributed by atoms with van der Waals surface area (Å²) in [5.41, 5.74) is 3.92. The normalized spacial score (nSPS) is 17.8. The van der Waals surface area contributed by atoms with Gasteiger partial charge in [-0.1, -0.05) is 42.0 Å². The number of nitrogens with zero attached hydrogens (tertiary/aromatic N) is 2. The fourth-order valence-corrected chi connectivity index (χ4v) is 3.45. The summed E-state index contributed by atoms with van der Waals surface area (Å²) in [7, 11) is 2.09. The molecule has 0 radical (unpaired) electrons. The number of benzene rings is 2. The Labute approximate surface area is 143 Å². The number of aryl methyl sites for hydroxylation is 1. The van der Waals surface area contributed by atoms with Gasteiger partial charge >= 0.3 is 6.09 Å². The Kier molecular flexibility index (Phi) is 4.86. The molecule has 4 heteroatoms. The largest absolute Gasteiger partial charge is 0.465 e. The molecule has 1 N–H and O–H groups in total. The van der Waals surface area contributed by atoms with Crippen molar-refractivity contribution in [2.45, 2.75) is 13.3 Å². The second-order valence-corrected chi connectivity index (χ2v) is 6.70. The van der Waals surface area contributed by atoms with Gasteiger partial charge in [0.05, 0.1) is 5.69 Å². The van der Waals surface area contributed by atoms with E-state index in [1.165, 1.54) is 4.90 Å². The van der Waals surface area contributed by atoms with Gasteiger partial charge in [-0.2, -0.15) is 0 Å². The van der Waals surface area contributed by atoms with E-state index >= 15 is 0 Å². The monoisotopic (exact) mass is 324 g/mol. The first-order valence-corrected chi connectivity index (χ1v) is 8.39. The molecule has 1 heterocycles. The summed E-state index contributed by atoms with van der Waals surface area (Å²) in [5.74, 6) is 0.385. The summed E-state index contributed by atoms with van der Waals surface area (Å²) in [6, 6.07) is 16.0.